The van der Waals surface area contributed by atoms with Crippen molar-refractivity contribution in [2.24, 2.45) is 0 Å². The number of nitrogens with one attached hydrogen (secondary N) is 1. The molecule has 0 unspecified atom stereocenters. The van der Waals surface area contributed by atoms with Crippen molar-refractivity contribution in [3.05, 3.63) is 71.4 Å². The van der Waals surface area contributed by atoms with Gasteiger partial charge in [-0.25, -0.2) is 9.37 Å². The second kappa shape index (κ2) is 5.97. The molecule has 0 radical (unpaired) electrons. The van der Waals surface area contributed by atoms with E-state index in [1.807, 2.05) is 29.8 Å². The summed E-state index contributed by atoms with van der Waals surface area (Å²) in [6.07, 6.45) is 4.40. The zero-order chi connectivity index (χ0) is 15.5. The first kappa shape index (κ1) is 14.3. The topological polar surface area (TPSA) is 46.4 Å². The van der Waals surface area contributed by atoms with Gasteiger partial charge in [-0.15, -0.1) is 0 Å². The summed E-state index contributed by atoms with van der Waals surface area (Å²) in [5.74, 6) is -0.410. The summed E-state index contributed by atoms with van der Waals surface area (Å²) in [7, 11) is 0. The molecule has 1 amide bonds. The molecule has 1 aromatic carbocycles. The first-order valence-electron chi connectivity index (χ1n) is 7.10. The first-order valence-corrected chi connectivity index (χ1v) is 7.10. The predicted octanol–water partition coefficient (Wildman–Crippen LogP) is 2.75. The number of aromatic nitrogens is 2. The lowest BCUT2D eigenvalue weighted by Gasteiger charge is -2.06. The first-order chi connectivity index (χ1) is 10.6. The van der Waals surface area contributed by atoms with Gasteiger partial charge in [0.25, 0.3) is 5.91 Å². The van der Waals surface area contributed by atoms with E-state index < -0.39 is 0 Å². The van der Waals surface area contributed by atoms with Crippen molar-refractivity contribution < 1.29 is 9.18 Å². The number of imidazole rings is 1. The monoisotopic (exact) mass is 297 g/mol. The third-order valence-corrected chi connectivity index (χ3v) is 3.46. The summed E-state index contributed by atoms with van der Waals surface area (Å²) < 4.78 is 14.7. The van der Waals surface area contributed by atoms with Crippen molar-refractivity contribution in [3.63, 3.8) is 0 Å². The molecule has 0 spiro atoms. The van der Waals surface area contributed by atoms with Crippen molar-refractivity contribution in [2.45, 2.75) is 13.3 Å². The normalized spacial score (nSPS) is 10.8. The van der Waals surface area contributed by atoms with E-state index in [9.17, 15) is 9.18 Å². The smallest absolute Gasteiger partial charge is 0.255 e. The van der Waals surface area contributed by atoms with Crippen molar-refractivity contribution >= 4 is 11.6 Å². The Bertz CT molecular complexity index is 808. The van der Waals surface area contributed by atoms with Gasteiger partial charge in [-0.1, -0.05) is 12.1 Å². The zero-order valence-corrected chi connectivity index (χ0v) is 12.2. The van der Waals surface area contributed by atoms with Crippen LogP contribution in [0, 0.1) is 12.7 Å². The van der Waals surface area contributed by atoms with Gasteiger partial charge >= 0.3 is 0 Å². The van der Waals surface area contributed by atoms with Crippen LogP contribution in [0.3, 0.4) is 0 Å². The lowest BCUT2D eigenvalue weighted by Crippen LogP contribution is -2.26. The van der Waals surface area contributed by atoms with Gasteiger partial charge in [-0.3, -0.25) is 4.79 Å². The van der Waals surface area contributed by atoms with Gasteiger partial charge in [0, 0.05) is 18.9 Å². The molecule has 0 saturated heterocycles. The van der Waals surface area contributed by atoms with E-state index in [0.29, 0.717) is 24.2 Å². The SMILES string of the molecule is Cc1cn2cccc(C(=O)NCCc3ccc(F)cc3)c2n1. The van der Waals surface area contributed by atoms with Gasteiger partial charge in [0.2, 0.25) is 0 Å². The van der Waals surface area contributed by atoms with Crippen molar-refractivity contribution in [2.75, 3.05) is 6.54 Å². The Morgan fingerprint density at radius 1 is 1.27 bits per heavy atom. The number of carbonyl (C=O) groups is 1. The Morgan fingerprint density at radius 2 is 2.05 bits per heavy atom. The van der Waals surface area contributed by atoms with Gasteiger partial charge in [-0.2, -0.15) is 0 Å². The zero-order valence-electron chi connectivity index (χ0n) is 12.2. The molecule has 1 N–H and O–H groups in total. The Balaban J connectivity index is 1.67. The number of carbonyl (C=O) groups excluding carboxylic acids is 1. The minimum absolute atomic E-state index is 0.154. The Kier molecular flexibility index (Phi) is 3.87. The average molecular weight is 297 g/mol. The molecule has 3 rings (SSSR count). The highest BCUT2D eigenvalue weighted by Gasteiger charge is 2.11. The quantitative estimate of drug-likeness (QED) is 0.805. The third kappa shape index (κ3) is 2.98. The molecule has 2 aromatic heterocycles. The van der Waals surface area contributed by atoms with Crippen LogP contribution in [0.4, 0.5) is 4.39 Å². The number of pyridine rings is 1. The predicted molar refractivity (Wildman–Crippen MR) is 82.4 cm³/mol. The molecule has 0 aliphatic heterocycles. The summed E-state index contributed by atoms with van der Waals surface area (Å²) in [6.45, 7) is 2.38. The highest BCUT2D eigenvalue weighted by atomic mass is 19.1. The fourth-order valence-electron chi connectivity index (χ4n) is 2.38. The maximum Gasteiger partial charge on any atom is 0.255 e. The van der Waals surface area contributed by atoms with Gasteiger partial charge in [0.15, 0.2) is 0 Å². The summed E-state index contributed by atoms with van der Waals surface area (Å²) in [4.78, 5) is 16.7. The molecule has 0 saturated carbocycles. The van der Waals surface area contributed by atoms with E-state index >= 15 is 0 Å². The third-order valence-electron chi connectivity index (χ3n) is 3.46. The number of nitrogens with zero attached hydrogens (tertiary/aromatic N) is 2. The van der Waals surface area contributed by atoms with Gasteiger partial charge in [0.05, 0.1) is 11.3 Å². The number of rotatable bonds is 4. The molecule has 22 heavy (non-hydrogen) atoms. The van der Waals surface area contributed by atoms with Gasteiger partial charge in [-0.05, 0) is 43.2 Å². The molecule has 0 fully saturated rings. The molecular weight excluding hydrogens is 281 g/mol. The maximum atomic E-state index is 12.8. The molecule has 2 heterocycles. The minimum atomic E-state index is -0.255. The summed E-state index contributed by atoms with van der Waals surface area (Å²) in [5.41, 5.74) is 3.05. The number of amides is 1. The van der Waals surface area contributed by atoms with E-state index in [1.54, 1.807) is 18.2 Å². The van der Waals surface area contributed by atoms with Crippen LogP contribution in [-0.2, 0) is 6.42 Å². The van der Waals surface area contributed by atoms with Crippen LogP contribution in [0.15, 0.2) is 48.8 Å². The van der Waals surface area contributed by atoms with E-state index in [-0.39, 0.29) is 11.7 Å². The highest BCUT2D eigenvalue weighted by Crippen LogP contribution is 2.11. The van der Waals surface area contributed by atoms with Crippen molar-refractivity contribution in [1.29, 1.82) is 0 Å². The van der Waals surface area contributed by atoms with Crippen LogP contribution in [0.5, 0.6) is 0 Å². The summed E-state index contributed by atoms with van der Waals surface area (Å²) in [5, 5.41) is 2.88. The molecular formula is C17H16FN3O. The molecule has 0 aliphatic carbocycles. The lowest BCUT2D eigenvalue weighted by molar-refractivity contribution is 0.0955. The molecule has 0 atom stereocenters. The molecule has 0 aliphatic rings. The van der Waals surface area contributed by atoms with E-state index in [1.165, 1.54) is 12.1 Å². The summed E-state index contributed by atoms with van der Waals surface area (Å²) in [6, 6.07) is 9.87. The number of hydrogen-bond acceptors (Lipinski definition) is 2. The number of halogens is 1. The van der Waals surface area contributed by atoms with Gasteiger partial charge < -0.3 is 9.72 Å². The van der Waals surface area contributed by atoms with Crippen LogP contribution in [0.2, 0.25) is 0 Å². The van der Waals surface area contributed by atoms with E-state index in [4.69, 9.17) is 0 Å². The second-order valence-corrected chi connectivity index (χ2v) is 5.17. The fraction of sp³-hybridized carbons (Fsp3) is 0.176. The molecule has 112 valence electrons. The van der Waals surface area contributed by atoms with Crippen LogP contribution in [0.25, 0.3) is 5.65 Å². The average Bonchev–Trinajstić information content (AvgIpc) is 2.89. The van der Waals surface area contributed by atoms with Crippen LogP contribution in [0.1, 0.15) is 21.6 Å². The Morgan fingerprint density at radius 3 is 2.82 bits per heavy atom. The Hall–Kier alpha value is -2.69. The standard InChI is InChI=1S/C17H16FN3O/c1-12-11-21-10-2-3-15(16(21)20-12)17(22)19-9-8-13-4-6-14(18)7-5-13/h2-7,10-11H,8-9H2,1H3,(H,19,22). The van der Waals surface area contributed by atoms with Crippen molar-refractivity contribution in [1.82, 2.24) is 14.7 Å². The number of aryl methyl sites for hydroxylation is 1. The second-order valence-electron chi connectivity index (χ2n) is 5.17. The lowest BCUT2D eigenvalue weighted by atomic mass is 10.1. The van der Waals surface area contributed by atoms with Crippen molar-refractivity contribution in [3.8, 4) is 0 Å². The van der Waals surface area contributed by atoms with Gasteiger partial charge in [0.1, 0.15) is 11.5 Å². The molecule has 0 bridgehead atoms. The number of hydrogen-bond donors (Lipinski definition) is 1. The highest BCUT2D eigenvalue weighted by molar-refractivity contribution is 5.99. The maximum absolute atomic E-state index is 12.8. The number of fused-ring (bicyclic) bond motifs is 1. The largest absolute Gasteiger partial charge is 0.352 e. The Labute approximate surface area is 127 Å². The number of benzene rings is 1. The molecule has 4 nitrogen and oxygen atoms in total. The van der Waals surface area contributed by atoms with E-state index in [2.05, 4.69) is 10.3 Å². The fourth-order valence-corrected chi connectivity index (χ4v) is 2.38. The van der Waals surface area contributed by atoms with Crippen LogP contribution >= 0.6 is 0 Å². The minimum Gasteiger partial charge on any atom is -0.352 e. The summed E-state index contributed by atoms with van der Waals surface area (Å²) >= 11 is 0. The van der Waals surface area contributed by atoms with Crippen LogP contribution < -0.4 is 5.32 Å². The van der Waals surface area contributed by atoms with Crippen LogP contribution in [-0.4, -0.2) is 21.8 Å². The molecule has 3 aromatic rings. The molecule has 5 heteroatoms. The van der Waals surface area contributed by atoms with E-state index in [0.717, 1.165) is 11.3 Å².